The van der Waals surface area contributed by atoms with Crippen LogP contribution in [-0.4, -0.2) is 42.3 Å². The van der Waals surface area contributed by atoms with Crippen molar-refractivity contribution in [2.24, 2.45) is 0 Å². The van der Waals surface area contributed by atoms with Crippen molar-refractivity contribution in [3.63, 3.8) is 0 Å². The van der Waals surface area contributed by atoms with Crippen LogP contribution in [0.5, 0.6) is 0 Å². The van der Waals surface area contributed by atoms with Crippen LogP contribution in [0, 0.1) is 0 Å². The molecule has 4 nitrogen and oxygen atoms in total. The van der Waals surface area contributed by atoms with Gasteiger partial charge in [-0.1, -0.05) is 103 Å². The minimum atomic E-state index is -0.249. The molecule has 4 rings (SSSR count). The van der Waals surface area contributed by atoms with Crippen molar-refractivity contribution in [3.05, 3.63) is 133 Å². The van der Waals surface area contributed by atoms with Gasteiger partial charge in [0.2, 0.25) is 0 Å². The fourth-order valence-corrected chi connectivity index (χ4v) is 4.71. The number of benzene rings is 3. The molecule has 1 fully saturated rings. The van der Waals surface area contributed by atoms with Gasteiger partial charge in [-0.3, -0.25) is 4.90 Å². The molecule has 0 saturated carbocycles. The summed E-state index contributed by atoms with van der Waals surface area (Å²) in [6.07, 6.45) is 4.20. The summed E-state index contributed by atoms with van der Waals surface area (Å²) >= 11 is 0. The molecular formula is C32H37NO3. The number of nitrogens with zero attached hydrogens (tertiary/aromatic N) is 1. The first kappa shape index (κ1) is 26.1. The van der Waals surface area contributed by atoms with Crippen LogP contribution >= 0.6 is 0 Å². The molecule has 3 aromatic rings. The summed E-state index contributed by atoms with van der Waals surface area (Å²) in [5.41, 5.74) is 3.40. The highest BCUT2D eigenvalue weighted by atomic mass is 16.6. The Morgan fingerprint density at radius 1 is 0.667 bits per heavy atom. The van der Waals surface area contributed by atoms with E-state index in [4.69, 9.17) is 14.2 Å². The molecule has 0 amide bonds. The number of piperidine rings is 1. The van der Waals surface area contributed by atoms with Crippen molar-refractivity contribution in [2.75, 3.05) is 13.1 Å². The maximum atomic E-state index is 6.62. The van der Waals surface area contributed by atoms with E-state index in [1.54, 1.807) is 0 Å². The minimum absolute atomic E-state index is 0.00557. The molecule has 0 bridgehead atoms. The van der Waals surface area contributed by atoms with Crippen molar-refractivity contribution in [3.8, 4) is 0 Å². The van der Waals surface area contributed by atoms with Gasteiger partial charge in [0.1, 0.15) is 12.2 Å². The molecule has 1 aliphatic rings. The van der Waals surface area contributed by atoms with E-state index < -0.39 is 0 Å². The van der Waals surface area contributed by atoms with Crippen molar-refractivity contribution in [1.29, 1.82) is 0 Å². The zero-order chi connectivity index (χ0) is 25.0. The van der Waals surface area contributed by atoms with Crippen LogP contribution in [0.4, 0.5) is 0 Å². The summed E-state index contributed by atoms with van der Waals surface area (Å²) in [4.78, 5) is 2.39. The number of ether oxygens (including phenoxy) is 3. The van der Waals surface area contributed by atoms with Gasteiger partial charge in [-0.2, -0.15) is 0 Å². The number of rotatable bonds is 13. The van der Waals surface area contributed by atoms with E-state index in [9.17, 15) is 0 Å². The normalized spacial score (nSPS) is 22.2. The average molecular weight is 484 g/mol. The standard InChI is InChI=1S/C32H37NO3/c1-3-5-21-33-22-30(34-23-26-15-9-6-10-16-26)32(36-25-28-19-13-8-14-20-28)31(29(33)4-2)35-24-27-17-11-7-12-18-27/h3-4,6-20,29-32H,1-2,5,21-25H2/t29-,30-,31+,32+/m0/s1. The number of likely N-dealkylation sites (tertiary alicyclic amines) is 1. The van der Waals surface area contributed by atoms with Gasteiger partial charge in [0.15, 0.2) is 0 Å². The Morgan fingerprint density at radius 2 is 1.14 bits per heavy atom. The molecule has 3 aromatic carbocycles. The summed E-state index contributed by atoms with van der Waals surface area (Å²) in [6, 6.07) is 30.8. The summed E-state index contributed by atoms with van der Waals surface area (Å²) in [5, 5.41) is 0. The first-order chi connectivity index (χ1) is 17.8. The molecule has 0 N–H and O–H groups in total. The van der Waals surface area contributed by atoms with Crippen LogP contribution in [-0.2, 0) is 34.0 Å². The summed E-state index contributed by atoms with van der Waals surface area (Å²) in [5.74, 6) is 0. The quantitative estimate of drug-likeness (QED) is 0.271. The first-order valence-corrected chi connectivity index (χ1v) is 12.7. The van der Waals surface area contributed by atoms with Crippen LogP contribution in [0.15, 0.2) is 116 Å². The van der Waals surface area contributed by atoms with Gasteiger partial charge < -0.3 is 14.2 Å². The summed E-state index contributed by atoms with van der Waals surface area (Å²) in [6.45, 7) is 11.2. The highest BCUT2D eigenvalue weighted by molar-refractivity contribution is 5.16. The Morgan fingerprint density at radius 3 is 1.61 bits per heavy atom. The van der Waals surface area contributed by atoms with Gasteiger partial charge in [-0.05, 0) is 23.1 Å². The fourth-order valence-electron chi connectivity index (χ4n) is 4.71. The highest BCUT2D eigenvalue weighted by Gasteiger charge is 2.44. The molecule has 4 atom stereocenters. The fraction of sp³-hybridized carbons (Fsp3) is 0.312. The maximum Gasteiger partial charge on any atom is 0.113 e. The van der Waals surface area contributed by atoms with Crippen LogP contribution < -0.4 is 0 Å². The second-order valence-corrected chi connectivity index (χ2v) is 9.16. The average Bonchev–Trinajstić information content (AvgIpc) is 2.94. The van der Waals surface area contributed by atoms with E-state index in [1.807, 2.05) is 66.7 Å². The van der Waals surface area contributed by atoms with Gasteiger partial charge in [0.25, 0.3) is 0 Å². The molecule has 188 valence electrons. The summed E-state index contributed by atoms with van der Waals surface area (Å²) < 4.78 is 19.8. The maximum absolute atomic E-state index is 6.62. The number of hydrogen-bond donors (Lipinski definition) is 0. The molecule has 0 unspecified atom stereocenters. The Hall–Kier alpha value is -3.02. The molecule has 0 aromatic heterocycles. The van der Waals surface area contributed by atoms with Crippen LogP contribution in [0.2, 0.25) is 0 Å². The lowest BCUT2D eigenvalue weighted by atomic mass is 9.92. The van der Waals surface area contributed by atoms with Crippen molar-refractivity contribution in [1.82, 2.24) is 4.90 Å². The van der Waals surface area contributed by atoms with Crippen LogP contribution in [0.3, 0.4) is 0 Å². The molecule has 0 aliphatic carbocycles. The van der Waals surface area contributed by atoms with E-state index in [0.717, 1.165) is 36.2 Å². The Kier molecular flexibility index (Phi) is 10.1. The minimum Gasteiger partial charge on any atom is -0.369 e. The Labute approximate surface area is 215 Å². The van der Waals surface area contributed by atoms with E-state index in [-0.39, 0.29) is 24.4 Å². The van der Waals surface area contributed by atoms with Gasteiger partial charge in [0, 0.05) is 13.1 Å². The second-order valence-electron chi connectivity index (χ2n) is 9.16. The molecular weight excluding hydrogens is 446 g/mol. The van der Waals surface area contributed by atoms with Crippen molar-refractivity contribution in [2.45, 2.75) is 50.6 Å². The predicted octanol–water partition coefficient (Wildman–Crippen LogP) is 6.19. The van der Waals surface area contributed by atoms with Gasteiger partial charge in [0.05, 0.1) is 32.0 Å². The molecule has 1 heterocycles. The summed E-state index contributed by atoms with van der Waals surface area (Å²) in [7, 11) is 0. The lowest BCUT2D eigenvalue weighted by Crippen LogP contribution is -2.62. The molecule has 1 aliphatic heterocycles. The van der Waals surface area contributed by atoms with E-state index in [2.05, 4.69) is 54.5 Å². The van der Waals surface area contributed by atoms with Crippen molar-refractivity contribution < 1.29 is 14.2 Å². The third kappa shape index (κ3) is 7.25. The third-order valence-corrected chi connectivity index (χ3v) is 6.60. The largest absolute Gasteiger partial charge is 0.369 e. The zero-order valence-corrected chi connectivity index (χ0v) is 21.0. The lowest BCUT2D eigenvalue weighted by Gasteiger charge is -2.47. The first-order valence-electron chi connectivity index (χ1n) is 12.7. The second kappa shape index (κ2) is 13.9. The predicted molar refractivity (Wildman–Crippen MR) is 145 cm³/mol. The number of hydrogen-bond acceptors (Lipinski definition) is 4. The lowest BCUT2D eigenvalue weighted by molar-refractivity contribution is -0.196. The Bertz CT molecular complexity index is 1040. The Balaban J connectivity index is 1.58. The van der Waals surface area contributed by atoms with Gasteiger partial charge >= 0.3 is 0 Å². The van der Waals surface area contributed by atoms with Crippen molar-refractivity contribution >= 4 is 0 Å². The smallest absolute Gasteiger partial charge is 0.113 e. The topological polar surface area (TPSA) is 30.9 Å². The van der Waals surface area contributed by atoms with Crippen LogP contribution in [0.25, 0.3) is 0 Å². The third-order valence-electron chi connectivity index (χ3n) is 6.60. The molecule has 0 spiro atoms. The van der Waals surface area contributed by atoms with Crippen LogP contribution in [0.1, 0.15) is 23.1 Å². The zero-order valence-electron chi connectivity index (χ0n) is 21.0. The monoisotopic (exact) mass is 483 g/mol. The van der Waals surface area contributed by atoms with E-state index in [1.165, 1.54) is 0 Å². The molecule has 4 heteroatoms. The van der Waals surface area contributed by atoms with E-state index in [0.29, 0.717) is 19.8 Å². The highest BCUT2D eigenvalue weighted by Crippen LogP contribution is 2.29. The van der Waals surface area contributed by atoms with E-state index >= 15 is 0 Å². The molecule has 0 radical (unpaired) electrons. The van der Waals surface area contributed by atoms with Gasteiger partial charge in [-0.15, -0.1) is 13.2 Å². The van der Waals surface area contributed by atoms with Gasteiger partial charge in [-0.25, -0.2) is 0 Å². The SMILES string of the molecule is C=CCCN1C[C@H](OCc2ccccc2)[C@@H](OCc2ccccc2)[C@H](OCc2ccccc2)[C@@H]1C=C. The molecule has 1 saturated heterocycles. The molecule has 36 heavy (non-hydrogen) atoms.